The predicted molar refractivity (Wildman–Crippen MR) is 51.0 cm³/mol. The third-order valence-electron chi connectivity index (χ3n) is 3.44. The van der Waals surface area contributed by atoms with Gasteiger partial charge in [0.05, 0.1) is 6.04 Å². The number of carbonyl (C=O) groups is 2. The molecule has 5 heteroatoms. The smallest absolute Gasteiger partial charge is 0.258 e. The number of hydrogen-bond donors (Lipinski definition) is 1. The van der Waals surface area contributed by atoms with Crippen LogP contribution in [0.2, 0.25) is 0 Å². The first kappa shape index (κ1) is 9.30. The summed E-state index contributed by atoms with van der Waals surface area (Å²) in [4.78, 5) is 25.3. The molecule has 3 unspecified atom stereocenters. The van der Waals surface area contributed by atoms with Gasteiger partial charge in [-0.2, -0.15) is 0 Å². The number of imide groups is 1. The molecule has 3 aliphatic rings. The summed E-state index contributed by atoms with van der Waals surface area (Å²) in [7, 11) is 0. The first-order chi connectivity index (χ1) is 7.27. The van der Waals surface area contributed by atoms with Crippen LogP contribution in [0.25, 0.3) is 0 Å². The van der Waals surface area contributed by atoms with Crippen LogP contribution in [-0.2, 0) is 14.3 Å². The maximum atomic E-state index is 11.9. The van der Waals surface area contributed by atoms with Gasteiger partial charge in [0.25, 0.3) is 11.8 Å². The topological polar surface area (TPSA) is 58.6 Å². The van der Waals surface area contributed by atoms with E-state index in [9.17, 15) is 9.59 Å². The average Bonchev–Trinajstić information content (AvgIpc) is 2.86. The molecule has 0 spiro atoms. The van der Waals surface area contributed by atoms with Crippen LogP contribution in [0.5, 0.6) is 0 Å². The van der Waals surface area contributed by atoms with Crippen molar-refractivity contribution < 1.29 is 14.3 Å². The maximum Gasteiger partial charge on any atom is 0.258 e. The van der Waals surface area contributed by atoms with Crippen molar-refractivity contribution in [1.82, 2.24) is 10.2 Å². The molecule has 3 heterocycles. The van der Waals surface area contributed by atoms with Gasteiger partial charge in [-0.3, -0.25) is 14.5 Å². The molecule has 2 bridgehead atoms. The van der Waals surface area contributed by atoms with Crippen LogP contribution in [0.1, 0.15) is 19.3 Å². The molecule has 2 amide bonds. The molecule has 5 nitrogen and oxygen atoms in total. The zero-order chi connectivity index (χ0) is 10.4. The van der Waals surface area contributed by atoms with Crippen molar-refractivity contribution in [1.29, 1.82) is 0 Å². The van der Waals surface area contributed by atoms with Crippen LogP contribution >= 0.6 is 0 Å². The molecule has 3 atom stereocenters. The van der Waals surface area contributed by atoms with Crippen molar-refractivity contribution in [2.45, 2.75) is 37.5 Å². The molecule has 0 radical (unpaired) electrons. The number of fused-ring (bicyclic) bond motifs is 2. The Balaban J connectivity index is 1.86. The lowest BCUT2D eigenvalue weighted by atomic mass is 10.1. The Bertz CT molecular complexity index is 290. The third-order valence-corrected chi connectivity index (χ3v) is 3.44. The SMILES string of the molecule is O=C1C2CCC(O2)C(=O)N1C1CCNC1. The molecule has 3 fully saturated rings. The lowest BCUT2D eigenvalue weighted by molar-refractivity contribution is -0.171. The minimum Gasteiger partial charge on any atom is -0.355 e. The molecular weight excluding hydrogens is 196 g/mol. The Morgan fingerprint density at radius 1 is 1.13 bits per heavy atom. The number of hydrogen-bond acceptors (Lipinski definition) is 4. The van der Waals surface area contributed by atoms with Gasteiger partial charge in [-0.05, 0) is 25.8 Å². The van der Waals surface area contributed by atoms with Gasteiger partial charge in [0.15, 0.2) is 0 Å². The number of nitrogens with one attached hydrogen (secondary N) is 1. The summed E-state index contributed by atoms with van der Waals surface area (Å²) in [6.45, 7) is 1.62. The quantitative estimate of drug-likeness (QED) is 0.579. The van der Waals surface area contributed by atoms with E-state index in [4.69, 9.17) is 4.74 Å². The van der Waals surface area contributed by atoms with Crippen molar-refractivity contribution in [2.75, 3.05) is 13.1 Å². The second kappa shape index (κ2) is 3.28. The van der Waals surface area contributed by atoms with Crippen LogP contribution in [-0.4, -0.2) is 48.1 Å². The van der Waals surface area contributed by atoms with Gasteiger partial charge < -0.3 is 10.1 Å². The summed E-state index contributed by atoms with van der Waals surface area (Å²) in [5.41, 5.74) is 0. The maximum absolute atomic E-state index is 11.9. The highest BCUT2D eigenvalue weighted by atomic mass is 16.5. The number of amides is 2. The van der Waals surface area contributed by atoms with Crippen LogP contribution in [0.15, 0.2) is 0 Å². The van der Waals surface area contributed by atoms with Crippen molar-refractivity contribution in [3.05, 3.63) is 0 Å². The molecule has 0 aliphatic carbocycles. The Kier molecular flexibility index (Phi) is 2.03. The largest absolute Gasteiger partial charge is 0.355 e. The normalized spacial score (nSPS) is 40.3. The fourth-order valence-corrected chi connectivity index (χ4v) is 2.64. The van der Waals surface area contributed by atoms with E-state index >= 15 is 0 Å². The van der Waals surface area contributed by atoms with E-state index in [1.165, 1.54) is 4.90 Å². The second-order valence-corrected chi connectivity index (χ2v) is 4.38. The van der Waals surface area contributed by atoms with E-state index in [2.05, 4.69) is 5.32 Å². The molecular formula is C10H14N2O3. The lowest BCUT2D eigenvalue weighted by Gasteiger charge is -2.33. The molecule has 15 heavy (non-hydrogen) atoms. The molecule has 0 saturated carbocycles. The second-order valence-electron chi connectivity index (χ2n) is 4.38. The molecule has 3 aliphatic heterocycles. The van der Waals surface area contributed by atoms with Gasteiger partial charge >= 0.3 is 0 Å². The van der Waals surface area contributed by atoms with E-state index in [-0.39, 0.29) is 30.1 Å². The summed E-state index contributed by atoms with van der Waals surface area (Å²) < 4.78 is 5.35. The molecule has 1 N–H and O–H groups in total. The lowest BCUT2D eigenvalue weighted by Crippen LogP contribution is -2.56. The van der Waals surface area contributed by atoms with Crippen LogP contribution in [0.4, 0.5) is 0 Å². The number of nitrogens with zero attached hydrogens (tertiary/aromatic N) is 1. The first-order valence-electron chi connectivity index (χ1n) is 5.50. The number of morpholine rings is 1. The average molecular weight is 210 g/mol. The summed E-state index contributed by atoms with van der Waals surface area (Å²) in [5.74, 6) is -0.245. The fraction of sp³-hybridized carbons (Fsp3) is 0.800. The Morgan fingerprint density at radius 3 is 2.33 bits per heavy atom. The zero-order valence-corrected chi connectivity index (χ0v) is 8.44. The van der Waals surface area contributed by atoms with Crippen molar-refractivity contribution in [2.24, 2.45) is 0 Å². The van der Waals surface area contributed by atoms with Crippen LogP contribution in [0.3, 0.4) is 0 Å². The Morgan fingerprint density at radius 2 is 1.80 bits per heavy atom. The van der Waals surface area contributed by atoms with Crippen molar-refractivity contribution >= 4 is 11.8 Å². The zero-order valence-electron chi connectivity index (χ0n) is 8.44. The molecule has 0 aromatic rings. The predicted octanol–water partition coefficient (Wildman–Crippen LogP) is -0.735. The standard InChI is InChI=1S/C10H14N2O3/c13-9-7-1-2-8(15-7)10(14)12(9)6-3-4-11-5-6/h6-8,11H,1-5H2. The van der Waals surface area contributed by atoms with Crippen LogP contribution < -0.4 is 5.32 Å². The highest BCUT2D eigenvalue weighted by Gasteiger charge is 2.48. The summed E-state index contributed by atoms with van der Waals surface area (Å²) in [6, 6.07) is 0.0528. The molecule has 3 saturated heterocycles. The molecule has 3 rings (SSSR count). The van der Waals surface area contributed by atoms with Gasteiger partial charge in [-0.25, -0.2) is 0 Å². The highest BCUT2D eigenvalue weighted by molar-refractivity contribution is 6.02. The first-order valence-corrected chi connectivity index (χ1v) is 5.50. The monoisotopic (exact) mass is 210 g/mol. The van der Waals surface area contributed by atoms with Gasteiger partial charge in [0.2, 0.25) is 0 Å². The van der Waals surface area contributed by atoms with E-state index in [0.717, 1.165) is 19.5 Å². The number of likely N-dealkylation sites (tertiary alicyclic amines) is 1. The number of rotatable bonds is 1. The minimum absolute atomic E-state index is 0.0528. The van der Waals surface area contributed by atoms with E-state index in [0.29, 0.717) is 12.8 Å². The minimum atomic E-state index is -0.353. The third kappa shape index (κ3) is 1.30. The van der Waals surface area contributed by atoms with Crippen LogP contribution in [0, 0.1) is 0 Å². The van der Waals surface area contributed by atoms with E-state index in [1.807, 2.05) is 0 Å². The Hall–Kier alpha value is -0.940. The van der Waals surface area contributed by atoms with Crippen molar-refractivity contribution in [3.63, 3.8) is 0 Å². The molecule has 82 valence electrons. The van der Waals surface area contributed by atoms with E-state index in [1.54, 1.807) is 0 Å². The molecule has 0 aromatic heterocycles. The summed E-state index contributed by atoms with van der Waals surface area (Å²) >= 11 is 0. The summed E-state index contributed by atoms with van der Waals surface area (Å²) in [5, 5.41) is 3.17. The van der Waals surface area contributed by atoms with Crippen molar-refractivity contribution in [3.8, 4) is 0 Å². The summed E-state index contributed by atoms with van der Waals surface area (Å²) in [6.07, 6.45) is 1.57. The van der Waals surface area contributed by atoms with Gasteiger partial charge in [-0.15, -0.1) is 0 Å². The Labute approximate surface area is 87.8 Å². The highest BCUT2D eigenvalue weighted by Crippen LogP contribution is 2.30. The van der Waals surface area contributed by atoms with Gasteiger partial charge in [0.1, 0.15) is 12.2 Å². The van der Waals surface area contributed by atoms with Gasteiger partial charge in [0, 0.05) is 6.54 Å². The fourth-order valence-electron chi connectivity index (χ4n) is 2.64. The van der Waals surface area contributed by atoms with E-state index < -0.39 is 0 Å². The number of ether oxygens (including phenoxy) is 1. The number of carbonyl (C=O) groups excluding carboxylic acids is 2. The molecule has 0 aromatic carbocycles. The van der Waals surface area contributed by atoms with Gasteiger partial charge in [-0.1, -0.05) is 0 Å².